The quantitative estimate of drug-likeness (QED) is 0.914. The number of anilines is 2. The average Bonchev–Trinajstić information content (AvgIpc) is 2.60. The lowest BCUT2D eigenvalue weighted by Gasteiger charge is -2.07. The van der Waals surface area contributed by atoms with Crippen molar-refractivity contribution < 1.29 is 9.90 Å². The Bertz CT molecular complexity index is 607. The summed E-state index contributed by atoms with van der Waals surface area (Å²) in [6, 6.07) is 4.84. The Hall–Kier alpha value is -1.82. The number of rotatable bonds is 3. The van der Waals surface area contributed by atoms with E-state index >= 15 is 0 Å². The fraction of sp³-hybridized carbons (Fsp3) is 0.167. The highest BCUT2D eigenvalue weighted by Crippen LogP contribution is 2.28. The number of aromatic nitrogens is 2. The van der Waals surface area contributed by atoms with Gasteiger partial charge in [0.25, 0.3) is 0 Å². The van der Waals surface area contributed by atoms with Crippen molar-refractivity contribution in [2.24, 2.45) is 7.05 Å². The van der Waals surface area contributed by atoms with Crippen molar-refractivity contribution in [3.63, 3.8) is 0 Å². The number of nitrogens with zero attached hydrogens (tertiary/aromatic N) is 2. The first kappa shape index (κ1) is 12.6. The smallest absolute Gasteiger partial charge is 0.335 e. The molecule has 0 amide bonds. The first-order chi connectivity index (χ1) is 8.47. The van der Waals surface area contributed by atoms with E-state index in [1.165, 1.54) is 0 Å². The van der Waals surface area contributed by atoms with E-state index in [4.69, 9.17) is 5.11 Å². The van der Waals surface area contributed by atoms with E-state index in [1.807, 2.05) is 20.2 Å². The lowest BCUT2D eigenvalue weighted by Crippen LogP contribution is -1.98. The van der Waals surface area contributed by atoms with Crippen LogP contribution in [0.25, 0.3) is 0 Å². The zero-order valence-corrected chi connectivity index (χ0v) is 11.5. The van der Waals surface area contributed by atoms with Crippen LogP contribution in [0.2, 0.25) is 0 Å². The topological polar surface area (TPSA) is 67.2 Å². The van der Waals surface area contributed by atoms with Crippen LogP contribution in [-0.4, -0.2) is 20.9 Å². The van der Waals surface area contributed by atoms with E-state index in [9.17, 15) is 4.79 Å². The van der Waals surface area contributed by atoms with Gasteiger partial charge in [0.15, 0.2) is 0 Å². The van der Waals surface area contributed by atoms with Crippen LogP contribution in [0, 0.1) is 6.92 Å². The number of aryl methyl sites for hydroxylation is 2. The molecule has 0 saturated heterocycles. The standard InChI is InChI=1S/C12H12BrN3O2/c1-7-11(6-16(2)15-7)14-10-4-3-8(12(17)18)5-9(10)13/h3-6,14H,1-2H3,(H,17,18). The molecule has 1 aromatic carbocycles. The first-order valence-corrected chi connectivity index (χ1v) is 6.07. The molecule has 0 saturated carbocycles. The van der Waals surface area contributed by atoms with Crippen LogP contribution in [0.15, 0.2) is 28.9 Å². The molecule has 2 N–H and O–H groups in total. The molecule has 5 nitrogen and oxygen atoms in total. The molecule has 2 aromatic rings. The van der Waals surface area contributed by atoms with Crippen LogP contribution >= 0.6 is 15.9 Å². The number of aromatic carboxylic acids is 1. The zero-order chi connectivity index (χ0) is 13.3. The second-order valence-corrected chi connectivity index (χ2v) is 4.78. The minimum absolute atomic E-state index is 0.246. The number of carbonyl (C=O) groups is 1. The Labute approximate surface area is 113 Å². The SMILES string of the molecule is Cc1nn(C)cc1Nc1ccc(C(=O)O)cc1Br. The highest BCUT2D eigenvalue weighted by atomic mass is 79.9. The van der Waals surface area contributed by atoms with E-state index < -0.39 is 5.97 Å². The Morgan fingerprint density at radius 1 is 1.44 bits per heavy atom. The third-order valence-electron chi connectivity index (χ3n) is 2.50. The maximum Gasteiger partial charge on any atom is 0.335 e. The molecule has 0 spiro atoms. The summed E-state index contributed by atoms with van der Waals surface area (Å²) in [5.74, 6) is -0.945. The van der Waals surface area contributed by atoms with Gasteiger partial charge in [0.1, 0.15) is 0 Å². The van der Waals surface area contributed by atoms with Crippen molar-refractivity contribution >= 4 is 33.3 Å². The largest absolute Gasteiger partial charge is 0.478 e. The fourth-order valence-electron chi connectivity index (χ4n) is 1.62. The third-order valence-corrected chi connectivity index (χ3v) is 3.15. The van der Waals surface area contributed by atoms with Gasteiger partial charge in [-0.2, -0.15) is 5.10 Å². The van der Waals surface area contributed by atoms with Crippen molar-refractivity contribution in [1.29, 1.82) is 0 Å². The number of hydrogen-bond donors (Lipinski definition) is 2. The van der Waals surface area contributed by atoms with Gasteiger partial charge >= 0.3 is 5.97 Å². The highest BCUT2D eigenvalue weighted by molar-refractivity contribution is 9.10. The summed E-state index contributed by atoms with van der Waals surface area (Å²) >= 11 is 3.35. The van der Waals surface area contributed by atoms with Gasteiger partial charge in [-0.15, -0.1) is 0 Å². The molecule has 1 heterocycles. The summed E-state index contributed by atoms with van der Waals surface area (Å²) in [6.45, 7) is 1.90. The maximum atomic E-state index is 10.8. The van der Waals surface area contributed by atoms with E-state index in [0.717, 1.165) is 17.1 Å². The zero-order valence-electron chi connectivity index (χ0n) is 9.94. The van der Waals surface area contributed by atoms with Crippen LogP contribution in [0.3, 0.4) is 0 Å². The highest BCUT2D eigenvalue weighted by Gasteiger charge is 2.09. The number of nitrogens with one attached hydrogen (secondary N) is 1. The predicted octanol–water partition coefficient (Wildman–Crippen LogP) is 2.93. The molecule has 0 fully saturated rings. The molecular weight excluding hydrogens is 298 g/mol. The average molecular weight is 310 g/mol. The third kappa shape index (κ3) is 2.53. The summed E-state index contributed by atoms with van der Waals surface area (Å²) in [5.41, 5.74) is 2.82. The number of carboxylic acid groups (broad SMARTS) is 1. The van der Waals surface area contributed by atoms with Gasteiger partial charge in [-0.05, 0) is 41.1 Å². The second kappa shape index (κ2) is 4.81. The minimum Gasteiger partial charge on any atom is -0.478 e. The van der Waals surface area contributed by atoms with E-state index in [1.54, 1.807) is 22.9 Å². The summed E-state index contributed by atoms with van der Waals surface area (Å²) < 4.78 is 2.42. The lowest BCUT2D eigenvalue weighted by molar-refractivity contribution is 0.0697. The van der Waals surface area contributed by atoms with Gasteiger partial charge in [0, 0.05) is 17.7 Å². The number of halogens is 1. The molecule has 0 aliphatic heterocycles. The van der Waals surface area contributed by atoms with Gasteiger partial charge in [-0.3, -0.25) is 4.68 Å². The van der Waals surface area contributed by atoms with Crippen molar-refractivity contribution in [3.05, 3.63) is 40.1 Å². The molecule has 2 rings (SSSR count). The van der Waals surface area contributed by atoms with E-state index in [0.29, 0.717) is 4.47 Å². The molecule has 6 heteroatoms. The Kier molecular flexibility index (Phi) is 3.38. The summed E-state index contributed by atoms with van der Waals surface area (Å²) in [6.07, 6.45) is 1.87. The Morgan fingerprint density at radius 2 is 2.17 bits per heavy atom. The van der Waals surface area contributed by atoms with Crippen molar-refractivity contribution in [1.82, 2.24) is 9.78 Å². The number of carboxylic acids is 1. The van der Waals surface area contributed by atoms with Crippen LogP contribution in [0.5, 0.6) is 0 Å². The summed E-state index contributed by atoms with van der Waals surface area (Å²) in [7, 11) is 1.85. The molecule has 0 aliphatic rings. The summed E-state index contributed by atoms with van der Waals surface area (Å²) in [5, 5.41) is 16.3. The van der Waals surface area contributed by atoms with E-state index in [-0.39, 0.29) is 5.56 Å². The van der Waals surface area contributed by atoms with Gasteiger partial charge in [-0.25, -0.2) is 4.79 Å². The first-order valence-electron chi connectivity index (χ1n) is 5.27. The molecule has 0 unspecified atom stereocenters. The Balaban J connectivity index is 2.30. The van der Waals surface area contributed by atoms with Crippen molar-refractivity contribution in [2.45, 2.75) is 6.92 Å². The van der Waals surface area contributed by atoms with Gasteiger partial charge in [0.05, 0.1) is 22.6 Å². The number of benzene rings is 1. The molecule has 94 valence electrons. The maximum absolute atomic E-state index is 10.8. The van der Waals surface area contributed by atoms with Crippen LogP contribution < -0.4 is 5.32 Å². The fourth-order valence-corrected chi connectivity index (χ4v) is 2.09. The molecule has 0 atom stereocenters. The van der Waals surface area contributed by atoms with Gasteiger partial charge < -0.3 is 10.4 Å². The molecule has 0 radical (unpaired) electrons. The second-order valence-electron chi connectivity index (χ2n) is 3.93. The van der Waals surface area contributed by atoms with Crippen LogP contribution in [0.1, 0.15) is 16.1 Å². The molecule has 0 bridgehead atoms. The van der Waals surface area contributed by atoms with Gasteiger partial charge in [0.2, 0.25) is 0 Å². The van der Waals surface area contributed by atoms with Crippen molar-refractivity contribution in [3.8, 4) is 0 Å². The predicted molar refractivity (Wildman–Crippen MR) is 72.3 cm³/mol. The lowest BCUT2D eigenvalue weighted by atomic mass is 10.2. The van der Waals surface area contributed by atoms with E-state index in [2.05, 4.69) is 26.3 Å². The van der Waals surface area contributed by atoms with Gasteiger partial charge in [-0.1, -0.05) is 0 Å². The normalized spacial score (nSPS) is 10.4. The molecule has 0 aliphatic carbocycles. The molecular formula is C12H12BrN3O2. The minimum atomic E-state index is -0.945. The van der Waals surface area contributed by atoms with Crippen LogP contribution in [0.4, 0.5) is 11.4 Å². The molecule has 1 aromatic heterocycles. The monoisotopic (exact) mass is 309 g/mol. The Morgan fingerprint density at radius 3 is 2.67 bits per heavy atom. The van der Waals surface area contributed by atoms with Crippen molar-refractivity contribution in [2.75, 3.05) is 5.32 Å². The number of hydrogen-bond acceptors (Lipinski definition) is 3. The van der Waals surface area contributed by atoms with Crippen LogP contribution in [-0.2, 0) is 7.05 Å². The molecule has 18 heavy (non-hydrogen) atoms. The summed E-state index contributed by atoms with van der Waals surface area (Å²) in [4.78, 5) is 10.8.